The molecular formula is C23H25ClN2O4. The Morgan fingerprint density at radius 3 is 2.43 bits per heavy atom. The Kier molecular flexibility index (Phi) is 7.36. The molecule has 1 fully saturated rings. The highest BCUT2D eigenvalue weighted by molar-refractivity contribution is 6.30. The molecule has 0 N–H and O–H groups in total. The summed E-state index contributed by atoms with van der Waals surface area (Å²) in [6.07, 6.45) is 3.54. The second-order valence-corrected chi connectivity index (χ2v) is 7.39. The number of methoxy groups -OCH3 is 2. The van der Waals surface area contributed by atoms with E-state index in [9.17, 15) is 9.59 Å². The minimum Gasteiger partial charge on any atom is -0.497 e. The van der Waals surface area contributed by atoms with E-state index in [1.165, 1.54) is 6.08 Å². The van der Waals surface area contributed by atoms with Crippen molar-refractivity contribution in [3.8, 4) is 11.5 Å². The van der Waals surface area contributed by atoms with Crippen molar-refractivity contribution in [1.82, 2.24) is 9.80 Å². The standard InChI is InChI=1S/C23H25ClN2O4/c1-29-20-5-3-4-17(14-20)15-23(28)26-12-10-25(11-13-26)22(27)9-6-18-16-19(24)7-8-21(18)30-2/h3-9,14,16H,10-13,15H2,1-2H3/b9-6+. The van der Waals surface area contributed by atoms with Gasteiger partial charge in [0.25, 0.3) is 0 Å². The van der Waals surface area contributed by atoms with Gasteiger partial charge in [0.2, 0.25) is 11.8 Å². The van der Waals surface area contributed by atoms with Crippen LogP contribution in [0.1, 0.15) is 11.1 Å². The first kappa shape index (κ1) is 21.7. The average molecular weight is 429 g/mol. The Morgan fingerprint density at radius 2 is 1.73 bits per heavy atom. The van der Waals surface area contributed by atoms with Crippen molar-refractivity contribution in [3.05, 3.63) is 64.7 Å². The van der Waals surface area contributed by atoms with Crippen LogP contribution in [0.3, 0.4) is 0 Å². The summed E-state index contributed by atoms with van der Waals surface area (Å²) in [6.45, 7) is 2.03. The molecule has 1 aliphatic heterocycles. The van der Waals surface area contributed by atoms with Gasteiger partial charge in [-0.2, -0.15) is 0 Å². The number of hydrogen-bond donors (Lipinski definition) is 0. The highest BCUT2D eigenvalue weighted by Gasteiger charge is 2.23. The Balaban J connectivity index is 1.54. The molecule has 0 spiro atoms. The third-order valence-electron chi connectivity index (χ3n) is 5.03. The lowest BCUT2D eigenvalue weighted by atomic mass is 10.1. The number of benzene rings is 2. The van der Waals surface area contributed by atoms with Crippen molar-refractivity contribution in [3.63, 3.8) is 0 Å². The number of rotatable bonds is 6. The van der Waals surface area contributed by atoms with Crippen LogP contribution in [0.5, 0.6) is 11.5 Å². The Bertz CT molecular complexity index is 937. The summed E-state index contributed by atoms with van der Waals surface area (Å²) in [5.74, 6) is 1.33. The highest BCUT2D eigenvalue weighted by Crippen LogP contribution is 2.24. The molecule has 2 amide bonds. The summed E-state index contributed by atoms with van der Waals surface area (Å²) in [5.41, 5.74) is 1.65. The minimum absolute atomic E-state index is 0.0505. The monoisotopic (exact) mass is 428 g/mol. The molecule has 0 unspecified atom stereocenters. The van der Waals surface area contributed by atoms with Crippen molar-refractivity contribution in [2.24, 2.45) is 0 Å². The van der Waals surface area contributed by atoms with Gasteiger partial charge in [0.15, 0.2) is 0 Å². The van der Waals surface area contributed by atoms with E-state index in [4.69, 9.17) is 21.1 Å². The first-order valence-electron chi connectivity index (χ1n) is 9.71. The highest BCUT2D eigenvalue weighted by atomic mass is 35.5. The lowest BCUT2D eigenvalue weighted by molar-refractivity contribution is -0.136. The van der Waals surface area contributed by atoms with E-state index < -0.39 is 0 Å². The average Bonchev–Trinajstić information content (AvgIpc) is 2.77. The second kappa shape index (κ2) is 10.2. The van der Waals surface area contributed by atoms with Crippen LogP contribution in [0.25, 0.3) is 6.08 Å². The summed E-state index contributed by atoms with van der Waals surface area (Å²) in [4.78, 5) is 28.7. The van der Waals surface area contributed by atoms with Gasteiger partial charge in [-0.3, -0.25) is 9.59 Å². The number of carbonyl (C=O) groups excluding carboxylic acids is 2. The zero-order chi connectivity index (χ0) is 21.5. The van der Waals surface area contributed by atoms with E-state index in [1.807, 2.05) is 24.3 Å². The maximum Gasteiger partial charge on any atom is 0.246 e. The van der Waals surface area contributed by atoms with E-state index >= 15 is 0 Å². The molecule has 158 valence electrons. The molecular weight excluding hydrogens is 404 g/mol. The third-order valence-corrected chi connectivity index (χ3v) is 5.27. The summed E-state index contributed by atoms with van der Waals surface area (Å²) in [7, 11) is 3.18. The number of nitrogens with zero attached hydrogens (tertiary/aromatic N) is 2. The fourth-order valence-electron chi connectivity index (χ4n) is 3.35. The molecule has 0 saturated carbocycles. The molecule has 30 heavy (non-hydrogen) atoms. The Morgan fingerprint density at radius 1 is 1.00 bits per heavy atom. The molecule has 1 heterocycles. The van der Waals surface area contributed by atoms with Gasteiger partial charge in [-0.15, -0.1) is 0 Å². The van der Waals surface area contributed by atoms with Crippen molar-refractivity contribution < 1.29 is 19.1 Å². The van der Waals surface area contributed by atoms with Crippen LogP contribution in [0.4, 0.5) is 0 Å². The van der Waals surface area contributed by atoms with Crippen LogP contribution >= 0.6 is 11.6 Å². The molecule has 0 atom stereocenters. The van der Waals surface area contributed by atoms with Crippen molar-refractivity contribution in [2.75, 3.05) is 40.4 Å². The molecule has 7 heteroatoms. The third kappa shape index (κ3) is 5.54. The van der Waals surface area contributed by atoms with Gasteiger partial charge in [-0.25, -0.2) is 0 Å². The molecule has 2 aromatic carbocycles. The van der Waals surface area contributed by atoms with Crippen LogP contribution in [0.15, 0.2) is 48.5 Å². The molecule has 6 nitrogen and oxygen atoms in total. The predicted molar refractivity (Wildman–Crippen MR) is 117 cm³/mol. The van der Waals surface area contributed by atoms with Gasteiger partial charge in [0.05, 0.1) is 20.6 Å². The number of carbonyl (C=O) groups is 2. The molecule has 0 bridgehead atoms. The number of ether oxygens (including phenoxy) is 2. The van der Waals surface area contributed by atoms with Gasteiger partial charge < -0.3 is 19.3 Å². The maximum absolute atomic E-state index is 12.6. The molecule has 0 radical (unpaired) electrons. The minimum atomic E-state index is -0.100. The lowest BCUT2D eigenvalue weighted by Gasteiger charge is -2.34. The first-order chi connectivity index (χ1) is 14.5. The Hall–Kier alpha value is -2.99. The smallest absolute Gasteiger partial charge is 0.246 e. The van der Waals surface area contributed by atoms with E-state index in [1.54, 1.807) is 48.3 Å². The molecule has 0 aromatic heterocycles. The molecule has 2 aromatic rings. The van der Waals surface area contributed by atoms with E-state index in [2.05, 4.69) is 0 Å². The zero-order valence-electron chi connectivity index (χ0n) is 17.1. The fourth-order valence-corrected chi connectivity index (χ4v) is 3.53. The molecule has 1 saturated heterocycles. The van der Waals surface area contributed by atoms with E-state index in [-0.39, 0.29) is 11.8 Å². The number of amides is 2. The Labute approximate surface area is 181 Å². The van der Waals surface area contributed by atoms with Crippen molar-refractivity contribution >= 4 is 29.5 Å². The number of piperazine rings is 1. The van der Waals surface area contributed by atoms with Crippen LogP contribution < -0.4 is 9.47 Å². The SMILES string of the molecule is COc1cccc(CC(=O)N2CCN(C(=O)/C=C/c3cc(Cl)ccc3OC)CC2)c1. The van der Waals surface area contributed by atoms with Crippen LogP contribution in [-0.4, -0.2) is 62.0 Å². The summed E-state index contributed by atoms with van der Waals surface area (Å²) in [5, 5.41) is 0.575. The summed E-state index contributed by atoms with van der Waals surface area (Å²) >= 11 is 6.03. The second-order valence-electron chi connectivity index (χ2n) is 6.95. The lowest BCUT2D eigenvalue weighted by Crippen LogP contribution is -2.50. The number of halogens is 1. The summed E-state index contributed by atoms with van der Waals surface area (Å²) in [6, 6.07) is 12.8. The van der Waals surface area contributed by atoms with Gasteiger partial charge in [-0.05, 0) is 42.0 Å². The largest absolute Gasteiger partial charge is 0.497 e. The summed E-state index contributed by atoms with van der Waals surface area (Å²) < 4.78 is 10.5. The van der Waals surface area contributed by atoms with Gasteiger partial charge in [-0.1, -0.05) is 23.7 Å². The van der Waals surface area contributed by atoms with E-state index in [0.29, 0.717) is 43.4 Å². The zero-order valence-corrected chi connectivity index (χ0v) is 17.9. The molecule has 1 aliphatic rings. The topological polar surface area (TPSA) is 59.1 Å². The fraction of sp³-hybridized carbons (Fsp3) is 0.304. The van der Waals surface area contributed by atoms with Crippen molar-refractivity contribution in [1.29, 1.82) is 0 Å². The molecule has 3 rings (SSSR count). The first-order valence-corrected chi connectivity index (χ1v) is 10.1. The van der Waals surface area contributed by atoms with Gasteiger partial charge in [0.1, 0.15) is 11.5 Å². The normalized spacial score (nSPS) is 14.1. The van der Waals surface area contributed by atoms with E-state index in [0.717, 1.165) is 16.9 Å². The maximum atomic E-state index is 12.6. The molecule has 0 aliphatic carbocycles. The van der Waals surface area contributed by atoms with Gasteiger partial charge in [0, 0.05) is 42.8 Å². The van der Waals surface area contributed by atoms with Crippen molar-refractivity contribution in [2.45, 2.75) is 6.42 Å². The van der Waals surface area contributed by atoms with Crippen LogP contribution in [-0.2, 0) is 16.0 Å². The van der Waals surface area contributed by atoms with Crippen LogP contribution in [0.2, 0.25) is 5.02 Å². The van der Waals surface area contributed by atoms with Crippen LogP contribution in [0, 0.1) is 0 Å². The predicted octanol–water partition coefficient (Wildman–Crippen LogP) is 3.28. The quantitative estimate of drug-likeness (QED) is 0.662. The number of hydrogen-bond acceptors (Lipinski definition) is 4. The van der Waals surface area contributed by atoms with Gasteiger partial charge >= 0.3 is 0 Å².